The van der Waals surface area contributed by atoms with Crippen LogP contribution in [0.25, 0.3) is 0 Å². The number of aliphatic imine (C=N–C) groups is 1. The lowest BCUT2D eigenvalue weighted by atomic mass is 9.96. The molecule has 0 unspecified atom stereocenters. The topological polar surface area (TPSA) is 73.8 Å². The molecule has 0 atom stereocenters. The SMILES string of the molecule is CCNC(=NCc1ccc(S(=O)(=O)N(C)C)cc1)NCC1(c2cccc(Cl)c2)CC1. The maximum absolute atomic E-state index is 12.2. The van der Waals surface area contributed by atoms with E-state index in [-0.39, 0.29) is 10.3 Å². The van der Waals surface area contributed by atoms with Gasteiger partial charge in [-0.2, -0.15) is 0 Å². The van der Waals surface area contributed by atoms with Crippen LogP contribution < -0.4 is 10.6 Å². The van der Waals surface area contributed by atoms with Crippen LogP contribution in [0.2, 0.25) is 5.02 Å². The van der Waals surface area contributed by atoms with Crippen molar-refractivity contribution in [3.8, 4) is 0 Å². The summed E-state index contributed by atoms with van der Waals surface area (Å²) in [7, 11) is -0.366. The number of nitrogens with zero attached hydrogens (tertiary/aromatic N) is 2. The zero-order valence-corrected chi connectivity index (χ0v) is 19.2. The summed E-state index contributed by atoms with van der Waals surface area (Å²) in [6.45, 7) is 4.04. The van der Waals surface area contributed by atoms with Crippen LogP contribution in [0.4, 0.5) is 0 Å². The first kappa shape index (κ1) is 22.6. The second-order valence-corrected chi connectivity index (χ2v) is 10.4. The van der Waals surface area contributed by atoms with E-state index in [1.807, 2.05) is 25.1 Å². The summed E-state index contributed by atoms with van der Waals surface area (Å²) < 4.78 is 25.6. The van der Waals surface area contributed by atoms with E-state index in [4.69, 9.17) is 11.6 Å². The van der Waals surface area contributed by atoms with Gasteiger partial charge in [-0.15, -0.1) is 0 Å². The summed E-state index contributed by atoms with van der Waals surface area (Å²) in [4.78, 5) is 4.94. The van der Waals surface area contributed by atoms with E-state index >= 15 is 0 Å². The fourth-order valence-corrected chi connectivity index (χ4v) is 4.37. The molecule has 0 heterocycles. The van der Waals surface area contributed by atoms with E-state index in [2.05, 4.69) is 21.7 Å². The normalized spacial score (nSPS) is 15.8. The molecule has 2 aromatic rings. The number of hydrogen-bond donors (Lipinski definition) is 2. The van der Waals surface area contributed by atoms with Gasteiger partial charge in [-0.3, -0.25) is 0 Å². The Morgan fingerprint density at radius 2 is 1.83 bits per heavy atom. The predicted molar refractivity (Wildman–Crippen MR) is 122 cm³/mol. The molecule has 1 saturated carbocycles. The van der Waals surface area contributed by atoms with Crippen LogP contribution in [0.15, 0.2) is 58.4 Å². The fourth-order valence-electron chi connectivity index (χ4n) is 3.28. The van der Waals surface area contributed by atoms with Crippen LogP contribution >= 0.6 is 11.6 Å². The van der Waals surface area contributed by atoms with Gasteiger partial charge in [-0.25, -0.2) is 17.7 Å². The van der Waals surface area contributed by atoms with Crippen LogP contribution in [-0.2, 0) is 22.0 Å². The summed E-state index contributed by atoms with van der Waals surface area (Å²) in [5.41, 5.74) is 2.32. The first-order valence-electron chi connectivity index (χ1n) is 10.1. The van der Waals surface area contributed by atoms with Crippen molar-refractivity contribution in [1.29, 1.82) is 0 Å². The highest BCUT2D eigenvalue weighted by molar-refractivity contribution is 7.89. The average molecular weight is 449 g/mol. The van der Waals surface area contributed by atoms with Gasteiger partial charge in [0.2, 0.25) is 10.0 Å². The maximum atomic E-state index is 12.2. The molecule has 0 saturated heterocycles. The summed E-state index contributed by atoms with van der Waals surface area (Å²) in [5.74, 6) is 0.746. The molecule has 0 spiro atoms. The zero-order valence-electron chi connectivity index (χ0n) is 17.7. The second kappa shape index (κ2) is 9.37. The van der Waals surface area contributed by atoms with Crippen LogP contribution in [-0.4, -0.2) is 45.9 Å². The molecule has 3 rings (SSSR count). The first-order chi connectivity index (χ1) is 14.3. The fraction of sp³-hybridized carbons (Fsp3) is 0.409. The number of rotatable bonds is 8. The molecule has 0 bridgehead atoms. The molecular weight excluding hydrogens is 420 g/mol. The van der Waals surface area contributed by atoms with E-state index in [0.717, 1.165) is 42.5 Å². The number of hydrogen-bond acceptors (Lipinski definition) is 3. The Labute approximate surface area is 184 Å². The Bertz CT molecular complexity index is 1000. The molecule has 2 N–H and O–H groups in total. The minimum atomic E-state index is -3.42. The Kier molecular flexibility index (Phi) is 7.06. The monoisotopic (exact) mass is 448 g/mol. The third-order valence-electron chi connectivity index (χ3n) is 5.35. The molecule has 1 aliphatic carbocycles. The van der Waals surface area contributed by atoms with E-state index in [1.54, 1.807) is 24.3 Å². The molecular formula is C22H29ClN4O2S. The van der Waals surface area contributed by atoms with Crippen molar-refractivity contribution in [3.05, 3.63) is 64.7 Å². The summed E-state index contributed by atoms with van der Waals surface area (Å²) in [6.07, 6.45) is 2.25. The molecule has 0 amide bonds. The number of sulfonamides is 1. The molecule has 1 fully saturated rings. The molecule has 162 valence electrons. The van der Waals surface area contributed by atoms with Gasteiger partial charge in [-0.1, -0.05) is 35.9 Å². The van der Waals surface area contributed by atoms with E-state index in [9.17, 15) is 8.42 Å². The van der Waals surface area contributed by atoms with Crippen molar-refractivity contribution in [3.63, 3.8) is 0 Å². The van der Waals surface area contributed by atoms with Crippen molar-refractivity contribution in [1.82, 2.24) is 14.9 Å². The number of nitrogens with one attached hydrogen (secondary N) is 2. The largest absolute Gasteiger partial charge is 0.357 e. The third kappa shape index (κ3) is 5.33. The van der Waals surface area contributed by atoms with Gasteiger partial charge >= 0.3 is 0 Å². The molecule has 0 aliphatic heterocycles. The Hall–Kier alpha value is -2.09. The summed E-state index contributed by atoms with van der Waals surface area (Å²) in [5, 5.41) is 7.50. The van der Waals surface area contributed by atoms with Gasteiger partial charge in [-0.05, 0) is 55.2 Å². The van der Waals surface area contributed by atoms with Crippen LogP contribution in [0, 0.1) is 0 Å². The highest BCUT2D eigenvalue weighted by Crippen LogP contribution is 2.48. The van der Waals surface area contributed by atoms with Gasteiger partial charge in [0, 0.05) is 37.6 Å². The Balaban J connectivity index is 1.65. The van der Waals surface area contributed by atoms with Crippen LogP contribution in [0.3, 0.4) is 0 Å². The van der Waals surface area contributed by atoms with Gasteiger partial charge < -0.3 is 10.6 Å². The van der Waals surface area contributed by atoms with Crippen LogP contribution in [0.1, 0.15) is 30.9 Å². The number of guanidine groups is 1. The van der Waals surface area contributed by atoms with Crippen molar-refractivity contribution in [2.24, 2.45) is 4.99 Å². The Morgan fingerprint density at radius 3 is 2.40 bits per heavy atom. The van der Waals surface area contributed by atoms with Crippen LogP contribution in [0.5, 0.6) is 0 Å². The standard InChI is InChI=1S/C22H29ClN4O2S/c1-4-24-21(26-16-22(12-13-22)18-6-5-7-19(23)14-18)25-15-17-8-10-20(11-9-17)30(28,29)27(2)3/h5-11,14H,4,12-13,15-16H2,1-3H3,(H2,24,25,26). The van der Waals surface area contributed by atoms with Gasteiger partial charge in [0.15, 0.2) is 5.96 Å². The quantitative estimate of drug-likeness (QED) is 0.479. The lowest BCUT2D eigenvalue weighted by Gasteiger charge is -2.19. The van der Waals surface area contributed by atoms with E-state index in [0.29, 0.717) is 6.54 Å². The van der Waals surface area contributed by atoms with E-state index < -0.39 is 10.0 Å². The molecule has 6 nitrogen and oxygen atoms in total. The Morgan fingerprint density at radius 1 is 1.13 bits per heavy atom. The number of halogens is 1. The summed E-state index contributed by atoms with van der Waals surface area (Å²) in [6, 6.07) is 14.9. The minimum absolute atomic E-state index is 0.114. The van der Waals surface area contributed by atoms with Gasteiger partial charge in [0.1, 0.15) is 0 Å². The predicted octanol–water partition coefficient (Wildman–Crippen LogP) is 3.38. The van der Waals surface area contributed by atoms with Crippen molar-refractivity contribution >= 4 is 27.6 Å². The maximum Gasteiger partial charge on any atom is 0.242 e. The number of benzene rings is 2. The molecule has 8 heteroatoms. The molecule has 2 aromatic carbocycles. The molecule has 1 aliphatic rings. The van der Waals surface area contributed by atoms with E-state index in [1.165, 1.54) is 24.0 Å². The average Bonchev–Trinajstić information content (AvgIpc) is 3.51. The molecule has 30 heavy (non-hydrogen) atoms. The highest BCUT2D eigenvalue weighted by atomic mass is 35.5. The third-order valence-corrected chi connectivity index (χ3v) is 7.42. The van der Waals surface area contributed by atoms with Crippen molar-refractivity contribution in [2.45, 2.75) is 36.6 Å². The minimum Gasteiger partial charge on any atom is -0.357 e. The second-order valence-electron chi connectivity index (χ2n) is 7.77. The highest BCUT2D eigenvalue weighted by Gasteiger charge is 2.44. The van der Waals surface area contributed by atoms with Crippen molar-refractivity contribution < 1.29 is 8.42 Å². The van der Waals surface area contributed by atoms with Crippen molar-refractivity contribution in [2.75, 3.05) is 27.2 Å². The lowest BCUT2D eigenvalue weighted by molar-refractivity contribution is 0.520. The first-order valence-corrected chi connectivity index (χ1v) is 11.9. The molecule has 0 radical (unpaired) electrons. The molecule has 0 aromatic heterocycles. The summed E-state index contributed by atoms with van der Waals surface area (Å²) >= 11 is 6.17. The van der Waals surface area contributed by atoms with Gasteiger partial charge in [0.05, 0.1) is 11.4 Å². The zero-order chi connectivity index (χ0) is 21.8. The van der Waals surface area contributed by atoms with Gasteiger partial charge in [0.25, 0.3) is 0 Å². The smallest absolute Gasteiger partial charge is 0.242 e. The lowest BCUT2D eigenvalue weighted by Crippen LogP contribution is -2.41.